The van der Waals surface area contributed by atoms with Crippen LogP contribution in [-0.4, -0.2) is 11.2 Å². The van der Waals surface area contributed by atoms with Crippen molar-refractivity contribution < 1.29 is 13.5 Å². The molecule has 0 aliphatic carbocycles. The molecule has 2 rings (SSSR count). The highest BCUT2D eigenvalue weighted by atomic mass is 35.5. The lowest BCUT2D eigenvalue weighted by Gasteiger charge is -2.09. The normalized spacial score (nSPS) is 10.8. The van der Waals surface area contributed by atoms with Crippen LogP contribution in [0.2, 0.25) is 5.02 Å². The average molecular weight is 287 g/mol. The Kier molecular flexibility index (Phi) is 4.27. The van der Waals surface area contributed by atoms with Gasteiger partial charge in [-0.3, -0.25) is 0 Å². The van der Waals surface area contributed by atoms with Crippen LogP contribution in [0.15, 0.2) is 36.7 Å². The van der Waals surface area contributed by atoms with Crippen molar-refractivity contribution >= 4 is 17.3 Å². The summed E-state index contributed by atoms with van der Waals surface area (Å²) in [4.78, 5) is 0. The standard InChI is InChI=1S/C13H13ClF2N2O/c1-18-5-4-9(8-18)7-17-10-2-3-12(11(14)6-10)19-13(15)16/h2-6,8,13,17H,7H2,1H3. The fourth-order valence-corrected chi connectivity index (χ4v) is 1.90. The van der Waals surface area contributed by atoms with E-state index in [1.165, 1.54) is 6.07 Å². The van der Waals surface area contributed by atoms with Crippen LogP contribution in [0.5, 0.6) is 5.75 Å². The molecule has 1 heterocycles. The Labute approximate surface area is 114 Å². The Hall–Kier alpha value is -1.75. The van der Waals surface area contributed by atoms with Crippen LogP contribution in [0.3, 0.4) is 0 Å². The molecule has 2 aromatic rings. The molecule has 0 amide bonds. The van der Waals surface area contributed by atoms with Gasteiger partial charge < -0.3 is 14.6 Å². The predicted octanol–water partition coefficient (Wildman–Crippen LogP) is 3.89. The zero-order valence-electron chi connectivity index (χ0n) is 10.2. The Morgan fingerprint density at radius 1 is 1.37 bits per heavy atom. The van der Waals surface area contributed by atoms with Gasteiger partial charge in [0.1, 0.15) is 5.75 Å². The number of hydrogen-bond donors (Lipinski definition) is 1. The monoisotopic (exact) mass is 286 g/mol. The number of halogens is 3. The number of nitrogens with zero attached hydrogens (tertiary/aromatic N) is 1. The minimum Gasteiger partial charge on any atom is -0.433 e. The highest BCUT2D eigenvalue weighted by Crippen LogP contribution is 2.29. The lowest BCUT2D eigenvalue weighted by molar-refractivity contribution is -0.0497. The maximum atomic E-state index is 12.1. The first-order valence-corrected chi connectivity index (χ1v) is 6.01. The highest BCUT2D eigenvalue weighted by Gasteiger charge is 2.08. The minimum atomic E-state index is -2.87. The molecule has 0 aliphatic heterocycles. The number of ether oxygens (including phenoxy) is 1. The second-order valence-electron chi connectivity index (χ2n) is 4.06. The zero-order chi connectivity index (χ0) is 13.8. The predicted molar refractivity (Wildman–Crippen MR) is 70.8 cm³/mol. The van der Waals surface area contributed by atoms with E-state index >= 15 is 0 Å². The number of alkyl halides is 2. The van der Waals surface area contributed by atoms with Crippen LogP contribution in [0, 0.1) is 0 Å². The van der Waals surface area contributed by atoms with Crippen LogP contribution in [0.25, 0.3) is 0 Å². The first-order chi connectivity index (χ1) is 9.04. The summed E-state index contributed by atoms with van der Waals surface area (Å²) < 4.78 is 30.4. The molecule has 0 unspecified atom stereocenters. The van der Waals surface area contributed by atoms with Crippen molar-refractivity contribution in [1.82, 2.24) is 4.57 Å². The van der Waals surface area contributed by atoms with Gasteiger partial charge in [-0.1, -0.05) is 11.6 Å². The molecular formula is C13H13ClF2N2O. The van der Waals surface area contributed by atoms with E-state index in [4.69, 9.17) is 11.6 Å². The molecular weight excluding hydrogens is 274 g/mol. The molecule has 0 spiro atoms. The van der Waals surface area contributed by atoms with Crippen LogP contribution in [0.1, 0.15) is 5.56 Å². The largest absolute Gasteiger partial charge is 0.433 e. The quantitative estimate of drug-likeness (QED) is 0.902. The van der Waals surface area contributed by atoms with Gasteiger partial charge in [0.2, 0.25) is 0 Å². The third kappa shape index (κ3) is 3.86. The average Bonchev–Trinajstić information content (AvgIpc) is 2.75. The van der Waals surface area contributed by atoms with Gasteiger partial charge in [-0.25, -0.2) is 0 Å². The number of aromatic nitrogens is 1. The van der Waals surface area contributed by atoms with Gasteiger partial charge in [0.05, 0.1) is 5.02 Å². The second kappa shape index (κ2) is 5.93. The van der Waals surface area contributed by atoms with Crippen LogP contribution >= 0.6 is 11.6 Å². The molecule has 1 aromatic heterocycles. The fraction of sp³-hybridized carbons (Fsp3) is 0.231. The smallest absolute Gasteiger partial charge is 0.387 e. The molecule has 6 heteroatoms. The fourth-order valence-electron chi connectivity index (χ4n) is 1.67. The number of rotatable bonds is 5. The van der Waals surface area contributed by atoms with Crippen molar-refractivity contribution in [1.29, 1.82) is 0 Å². The van der Waals surface area contributed by atoms with Crippen molar-refractivity contribution in [3.05, 3.63) is 47.2 Å². The van der Waals surface area contributed by atoms with Crippen LogP contribution in [-0.2, 0) is 13.6 Å². The topological polar surface area (TPSA) is 26.2 Å². The van der Waals surface area contributed by atoms with Gasteiger partial charge in [-0.15, -0.1) is 0 Å². The molecule has 102 valence electrons. The summed E-state index contributed by atoms with van der Waals surface area (Å²) in [5, 5.41) is 3.31. The van der Waals surface area contributed by atoms with E-state index in [-0.39, 0.29) is 10.8 Å². The SMILES string of the molecule is Cn1ccc(CNc2ccc(OC(F)F)c(Cl)c2)c1. The van der Waals surface area contributed by atoms with Gasteiger partial charge in [0.15, 0.2) is 0 Å². The lowest BCUT2D eigenvalue weighted by atomic mass is 10.2. The minimum absolute atomic E-state index is 0.0260. The summed E-state index contributed by atoms with van der Waals surface area (Å²) in [5.41, 5.74) is 1.86. The summed E-state index contributed by atoms with van der Waals surface area (Å²) in [6.45, 7) is -2.24. The maximum Gasteiger partial charge on any atom is 0.387 e. The van der Waals surface area contributed by atoms with Crippen LogP contribution < -0.4 is 10.1 Å². The Morgan fingerprint density at radius 3 is 2.74 bits per heavy atom. The van der Waals surface area contributed by atoms with Gasteiger partial charge in [0.25, 0.3) is 0 Å². The lowest BCUT2D eigenvalue weighted by Crippen LogP contribution is -2.03. The zero-order valence-corrected chi connectivity index (χ0v) is 11.0. The first-order valence-electron chi connectivity index (χ1n) is 5.63. The van der Waals surface area contributed by atoms with Crippen molar-refractivity contribution in [2.75, 3.05) is 5.32 Å². The Bertz CT molecular complexity index is 557. The van der Waals surface area contributed by atoms with Crippen molar-refractivity contribution in [3.63, 3.8) is 0 Å². The summed E-state index contributed by atoms with van der Waals surface area (Å²) in [7, 11) is 1.94. The summed E-state index contributed by atoms with van der Waals surface area (Å²) in [6, 6.07) is 6.61. The van der Waals surface area contributed by atoms with Crippen LogP contribution in [0.4, 0.5) is 14.5 Å². The van der Waals surface area contributed by atoms with Crippen molar-refractivity contribution in [3.8, 4) is 5.75 Å². The molecule has 0 atom stereocenters. The molecule has 0 saturated heterocycles. The molecule has 1 aromatic carbocycles. The van der Waals surface area contributed by atoms with Gasteiger partial charge in [0, 0.05) is 31.7 Å². The van der Waals surface area contributed by atoms with E-state index in [1.807, 2.05) is 30.1 Å². The summed E-state index contributed by atoms with van der Waals surface area (Å²) in [6.07, 6.45) is 3.94. The van der Waals surface area contributed by atoms with E-state index in [2.05, 4.69) is 10.1 Å². The third-order valence-electron chi connectivity index (χ3n) is 2.54. The van der Waals surface area contributed by atoms with Gasteiger partial charge >= 0.3 is 6.61 Å². The Morgan fingerprint density at radius 2 is 2.16 bits per heavy atom. The van der Waals surface area contributed by atoms with E-state index in [0.29, 0.717) is 6.54 Å². The molecule has 19 heavy (non-hydrogen) atoms. The third-order valence-corrected chi connectivity index (χ3v) is 2.83. The molecule has 1 N–H and O–H groups in total. The molecule has 0 aliphatic rings. The van der Waals surface area contributed by atoms with Gasteiger partial charge in [-0.2, -0.15) is 8.78 Å². The van der Waals surface area contributed by atoms with Gasteiger partial charge in [-0.05, 0) is 29.8 Å². The number of hydrogen-bond acceptors (Lipinski definition) is 2. The van der Waals surface area contributed by atoms with Crippen molar-refractivity contribution in [2.24, 2.45) is 7.05 Å². The highest BCUT2D eigenvalue weighted by molar-refractivity contribution is 6.32. The van der Waals surface area contributed by atoms with E-state index in [9.17, 15) is 8.78 Å². The van der Waals surface area contributed by atoms with E-state index in [1.54, 1.807) is 12.1 Å². The summed E-state index contributed by atoms with van der Waals surface area (Å²) in [5.74, 6) is -0.0260. The molecule has 0 radical (unpaired) electrons. The van der Waals surface area contributed by atoms with E-state index in [0.717, 1.165) is 11.3 Å². The number of aryl methyl sites for hydroxylation is 1. The maximum absolute atomic E-state index is 12.1. The first kappa shape index (κ1) is 13.7. The number of benzene rings is 1. The molecule has 0 fully saturated rings. The van der Waals surface area contributed by atoms with E-state index < -0.39 is 6.61 Å². The summed E-state index contributed by atoms with van der Waals surface area (Å²) >= 11 is 5.86. The van der Waals surface area contributed by atoms with Crippen molar-refractivity contribution in [2.45, 2.75) is 13.2 Å². The number of anilines is 1. The second-order valence-corrected chi connectivity index (χ2v) is 4.47. The Balaban J connectivity index is 1.99. The molecule has 3 nitrogen and oxygen atoms in total. The number of nitrogens with one attached hydrogen (secondary N) is 1. The molecule has 0 bridgehead atoms. The molecule has 0 saturated carbocycles.